The van der Waals surface area contributed by atoms with Crippen molar-refractivity contribution in [2.45, 2.75) is 33.1 Å². The van der Waals surface area contributed by atoms with Crippen molar-refractivity contribution in [3.63, 3.8) is 0 Å². The van der Waals surface area contributed by atoms with Crippen molar-refractivity contribution in [2.75, 3.05) is 52.6 Å². The first-order valence-electron chi connectivity index (χ1n) is 7.27. The molecule has 0 aromatic rings. The molecule has 1 N–H and O–H groups in total. The molecule has 0 aliphatic heterocycles. The van der Waals surface area contributed by atoms with Crippen LogP contribution in [0.3, 0.4) is 0 Å². The Balaban J connectivity index is 4.20. The third-order valence-electron chi connectivity index (χ3n) is 2.92. The number of hydrogen-bond donors (Lipinski definition) is 1. The van der Waals surface area contributed by atoms with E-state index in [-0.39, 0.29) is 5.75 Å². The number of nitrogens with one attached hydrogen (secondary N) is 1. The van der Waals surface area contributed by atoms with Gasteiger partial charge in [-0.3, -0.25) is 0 Å². The van der Waals surface area contributed by atoms with Gasteiger partial charge in [-0.15, -0.1) is 0 Å². The summed E-state index contributed by atoms with van der Waals surface area (Å²) in [5.41, 5.74) is 0. The van der Waals surface area contributed by atoms with Gasteiger partial charge >= 0.3 is 0 Å². The molecule has 0 aromatic carbocycles. The lowest BCUT2D eigenvalue weighted by atomic mass is 10.3. The molecule has 0 aliphatic rings. The van der Waals surface area contributed by atoms with E-state index in [9.17, 15) is 8.42 Å². The second kappa shape index (κ2) is 10.6. The molecule has 6 heteroatoms. The summed E-state index contributed by atoms with van der Waals surface area (Å²) in [6.45, 7) is 7.91. The van der Waals surface area contributed by atoms with E-state index >= 15 is 0 Å². The minimum Gasteiger partial charge on any atom is -0.317 e. The SMILES string of the molecule is CCCN(CCN(C)C)S(=O)(=O)CCCCNCC. The first kappa shape index (κ1) is 18.8. The maximum Gasteiger partial charge on any atom is 0.214 e. The van der Waals surface area contributed by atoms with Crippen molar-refractivity contribution in [2.24, 2.45) is 0 Å². The Morgan fingerprint density at radius 3 is 2.21 bits per heavy atom. The van der Waals surface area contributed by atoms with E-state index in [2.05, 4.69) is 12.2 Å². The monoisotopic (exact) mass is 293 g/mol. The van der Waals surface area contributed by atoms with Crippen molar-refractivity contribution in [1.29, 1.82) is 0 Å². The predicted octanol–water partition coefficient (Wildman–Crippen LogP) is 0.980. The van der Waals surface area contributed by atoms with Gasteiger partial charge in [0.2, 0.25) is 10.0 Å². The zero-order valence-corrected chi connectivity index (χ0v) is 13.8. The van der Waals surface area contributed by atoms with Crippen LogP contribution in [0, 0.1) is 0 Å². The molecule has 0 heterocycles. The molecule has 5 nitrogen and oxygen atoms in total. The van der Waals surface area contributed by atoms with Crippen LogP contribution in [0.1, 0.15) is 33.1 Å². The fraction of sp³-hybridized carbons (Fsp3) is 1.00. The number of unbranched alkanes of at least 4 members (excludes halogenated alkanes) is 1. The zero-order chi connectivity index (χ0) is 14.7. The van der Waals surface area contributed by atoms with Crippen LogP contribution in [-0.4, -0.2) is 70.2 Å². The van der Waals surface area contributed by atoms with E-state index in [0.29, 0.717) is 13.1 Å². The van der Waals surface area contributed by atoms with Crippen LogP contribution in [0.5, 0.6) is 0 Å². The molecule has 116 valence electrons. The quantitative estimate of drug-likeness (QED) is 0.545. The summed E-state index contributed by atoms with van der Waals surface area (Å²) in [4.78, 5) is 2.02. The average Bonchev–Trinajstić information content (AvgIpc) is 2.33. The molecule has 19 heavy (non-hydrogen) atoms. The van der Waals surface area contributed by atoms with Gasteiger partial charge in [0.1, 0.15) is 0 Å². The molecule has 0 bridgehead atoms. The topological polar surface area (TPSA) is 52.7 Å². The van der Waals surface area contributed by atoms with Crippen LogP contribution >= 0.6 is 0 Å². The fourth-order valence-corrected chi connectivity index (χ4v) is 3.44. The first-order chi connectivity index (χ1) is 8.94. The van der Waals surface area contributed by atoms with E-state index in [1.807, 2.05) is 25.9 Å². The van der Waals surface area contributed by atoms with Crippen molar-refractivity contribution >= 4 is 10.0 Å². The van der Waals surface area contributed by atoms with Crippen LogP contribution in [0.25, 0.3) is 0 Å². The van der Waals surface area contributed by atoms with Gasteiger partial charge in [0.25, 0.3) is 0 Å². The van der Waals surface area contributed by atoms with Crippen molar-refractivity contribution in [3.05, 3.63) is 0 Å². The summed E-state index contributed by atoms with van der Waals surface area (Å²) >= 11 is 0. The first-order valence-corrected chi connectivity index (χ1v) is 8.88. The molecule has 0 saturated heterocycles. The van der Waals surface area contributed by atoms with Gasteiger partial charge in [-0.1, -0.05) is 13.8 Å². The van der Waals surface area contributed by atoms with Gasteiger partial charge in [-0.25, -0.2) is 12.7 Å². The summed E-state index contributed by atoms with van der Waals surface area (Å²) in [6.07, 6.45) is 2.52. The van der Waals surface area contributed by atoms with Crippen molar-refractivity contribution in [3.8, 4) is 0 Å². The van der Waals surface area contributed by atoms with E-state index in [0.717, 1.165) is 38.9 Å². The smallest absolute Gasteiger partial charge is 0.214 e. The summed E-state index contributed by atoms with van der Waals surface area (Å²) < 4.78 is 26.1. The maximum absolute atomic E-state index is 12.3. The molecule has 0 aromatic heterocycles. The second-order valence-corrected chi connectivity index (χ2v) is 7.17. The zero-order valence-electron chi connectivity index (χ0n) is 13.0. The Labute approximate surface area is 119 Å². The highest BCUT2D eigenvalue weighted by atomic mass is 32.2. The molecule has 0 amide bonds. The third-order valence-corrected chi connectivity index (χ3v) is 4.88. The summed E-state index contributed by atoms with van der Waals surface area (Å²) in [5, 5.41) is 3.21. The Hall–Kier alpha value is -0.170. The molecule has 0 saturated carbocycles. The largest absolute Gasteiger partial charge is 0.317 e. The molecule has 0 fully saturated rings. The minimum absolute atomic E-state index is 0.270. The van der Waals surface area contributed by atoms with E-state index in [1.54, 1.807) is 4.31 Å². The van der Waals surface area contributed by atoms with Crippen molar-refractivity contribution in [1.82, 2.24) is 14.5 Å². The number of sulfonamides is 1. The van der Waals surface area contributed by atoms with Gasteiger partial charge in [0.05, 0.1) is 5.75 Å². The van der Waals surface area contributed by atoms with Crippen LogP contribution in [0.4, 0.5) is 0 Å². The van der Waals surface area contributed by atoms with Gasteiger partial charge in [-0.05, 0) is 46.4 Å². The van der Waals surface area contributed by atoms with Gasteiger partial charge in [0, 0.05) is 19.6 Å². The highest BCUT2D eigenvalue weighted by Gasteiger charge is 2.20. The fourth-order valence-electron chi connectivity index (χ4n) is 1.79. The van der Waals surface area contributed by atoms with E-state index in [4.69, 9.17) is 0 Å². The highest BCUT2D eigenvalue weighted by molar-refractivity contribution is 7.89. The number of likely N-dealkylation sites (N-methyl/N-ethyl adjacent to an activating group) is 1. The molecule has 0 spiro atoms. The molecule has 0 unspecified atom stereocenters. The molecule has 0 rings (SSSR count). The summed E-state index contributed by atoms with van der Waals surface area (Å²) in [5.74, 6) is 0.270. The number of hydrogen-bond acceptors (Lipinski definition) is 4. The Bertz CT molecular complexity index is 305. The van der Waals surface area contributed by atoms with E-state index in [1.165, 1.54) is 0 Å². The predicted molar refractivity (Wildman–Crippen MR) is 82.0 cm³/mol. The summed E-state index contributed by atoms with van der Waals surface area (Å²) in [7, 11) is 0.842. The van der Waals surface area contributed by atoms with Gasteiger partial charge in [-0.2, -0.15) is 0 Å². The minimum atomic E-state index is -3.09. The Morgan fingerprint density at radius 2 is 1.68 bits per heavy atom. The normalized spacial score (nSPS) is 12.5. The number of rotatable bonds is 12. The van der Waals surface area contributed by atoms with E-state index < -0.39 is 10.0 Å². The molecule has 0 aliphatic carbocycles. The Kier molecular flexibility index (Phi) is 10.5. The van der Waals surface area contributed by atoms with Crippen LogP contribution in [-0.2, 0) is 10.0 Å². The van der Waals surface area contributed by atoms with Gasteiger partial charge in [0.15, 0.2) is 0 Å². The molecular formula is C13H31N3O2S. The lowest BCUT2D eigenvalue weighted by Gasteiger charge is -2.23. The highest BCUT2D eigenvalue weighted by Crippen LogP contribution is 2.06. The second-order valence-electron chi connectivity index (χ2n) is 5.08. The standard InChI is InChI=1S/C13H31N3O2S/c1-5-10-16(12-11-15(3)4)19(17,18)13-8-7-9-14-6-2/h14H,5-13H2,1-4H3. The van der Waals surface area contributed by atoms with Crippen molar-refractivity contribution < 1.29 is 8.42 Å². The third kappa shape index (κ3) is 9.38. The average molecular weight is 293 g/mol. The maximum atomic E-state index is 12.3. The lowest BCUT2D eigenvalue weighted by molar-refractivity contribution is 0.332. The summed E-state index contributed by atoms with van der Waals surface area (Å²) in [6, 6.07) is 0. The Morgan fingerprint density at radius 1 is 1.00 bits per heavy atom. The lowest BCUT2D eigenvalue weighted by Crippen LogP contribution is -2.38. The molecule has 0 atom stereocenters. The number of nitrogens with zero attached hydrogens (tertiary/aromatic N) is 2. The van der Waals surface area contributed by atoms with Gasteiger partial charge < -0.3 is 10.2 Å². The van der Waals surface area contributed by atoms with Crippen LogP contribution < -0.4 is 5.32 Å². The van der Waals surface area contributed by atoms with Crippen LogP contribution in [0.2, 0.25) is 0 Å². The van der Waals surface area contributed by atoms with Crippen LogP contribution in [0.15, 0.2) is 0 Å². The molecule has 0 radical (unpaired) electrons. The molecular weight excluding hydrogens is 262 g/mol.